The number of pyridine rings is 1. The minimum absolute atomic E-state index is 0.161. The number of rotatable bonds is 4. The quantitative estimate of drug-likeness (QED) is 0.729. The summed E-state index contributed by atoms with van der Waals surface area (Å²) < 4.78 is 10.8. The zero-order valence-corrected chi connectivity index (χ0v) is 9.86. The summed E-state index contributed by atoms with van der Waals surface area (Å²) in [5, 5.41) is 8.68. The summed E-state index contributed by atoms with van der Waals surface area (Å²) in [5.74, 6) is 0.455. The van der Waals surface area contributed by atoms with Crippen molar-refractivity contribution in [2.45, 2.75) is 26.4 Å². The van der Waals surface area contributed by atoms with Crippen LogP contribution in [0.2, 0.25) is 0 Å². The maximum absolute atomic E-state index is 8.68. The fraction of sp³-hybridized carbons (Fsp3) is 0.500. The average Bonchev–Trinajstić information content (AvgIpc) is 2.23. The molecular formula is C12H16N2O2. The number of ether oxygens (including phenoxy) is 2. The van der Waals surface area contributed by atoms with Crippen LogP contribution in [0, 0.1) is 11.3 Å². The molecule has 0 atom stereocenters. The van der Waals surface area contributed by atoms with Crippen molar-refractivity contribution >= 4 is 0 Å². The first-order valence-corrected chi connectivity index (χ1v) is 5.14. The van der Waals surface area contributed by atoms with Crippen LogP contribution in [0.4, 0.5) is 0 Å². The summed E-state index contributed by atoms with van der Waals surface area (Å²) in [7, 11) is 0. The molecule has 0 aliphatic rings. The molecule has 0 unspecified atom stereocenters. The van der Waals surface area contributed by atoms with E-state index in [1.165, 1.54) is 0 Å². The number of nitrogens with zero attached hydrogens (tertiary/aromatic N) is 2. The smallest absolute Gasteiger partial charge is 0.214 e. The molecule has 1 aromatic heterocycles. The van der Waals surface area contributed by atoms with Crippen LogP contribution in [0.5, 0.6) is 5.88 Å². The third kappa shape index (κ3) is 4.76. The van der Waals surface area contributed by atoms with Crippen LogP contribution in [0.25, 0.3) is 0 Å². The van der Waals surface area contributed by atoms with E-state index >= 15 is 0 Å². The molecule has 4 heteroatoms. The number of hydrogen-bond donors (Lipinski definition) is 0. The van der Waals surface area contributed by atoms with Gasteiger partial charge in [0.2, 0.25) is 5.88 Å². The van der Waals surface area contributed by atoms with Crippen LogP contribution < -0.4 is 4.74 Å². The van der Waals surface area contributed by atoms with E-state index in [9.17, 15) is 0 Å². The molecule has 1 heterocycles. The molecule has 0 aromatic carbocycles. The average molecular weight is 220 g/mol. The van der Waals surface area contributed by atoms with E-state index in [0.717, 1.165) is 0 Å². The Morgan fingerprint density at radius 1 is 1.38 bits per heavy atom. The predicted octanol–water partition coefficient (Wildman–Crippen LogP) is 2.15. The van der Waals surface area contributed by atoms with Gasteiger partial charge in [-0.3, -0.25) is 0 Å². The topological polar surface area (TPSA) is 55.1 Å². The Morgan fingerprint density at radius 2 is 2.12 bits per heavy atom. The van der Waals surface area contributed by atoms with Crippen molar-refractivity contribution in [3.05, 3.63) is 23.9 Å². The Labute approximate surface area is 95.8 Å². The van der Waals surface area contributed by atoms with Gasteiger partial charge in [-0.2, -0.15) is 5.26 Å². The Morgan fingerprint density at radius 3 is 2.75 bits per heavy atom. The van der Waals surface area contributed by atoms with Gasteiger partial charge in [0, 0.05) is 12.3 Å². The van der Waals surface area contributed by atoms with E-state index in [2.05, 4.69) is 4.98 Å². The van der Waals surface area contributed by atoms with Gasteiger partial charge in [0.15, 0.2) is 0 Å². The highest BCUT2D eigenvalue weighted by Crippen LogP contribution is 2.09. The summed E-state index contributed by atoms with van der Waals surface area (Å²) >= 11 is 0. The third-order valence-corrected chi connectivity index (χ3v) is 1.73. The van der Waals surface area contributed by atoms with Crippen molar-refractivity contribution in [2.75, 3.05) is 13.2 Å². The van der Waals surface area contributed by atoms with E-state index in [1.807, 2.05) is 26.8 Å². The SMILES string of the molecule is CC(C)(C)OCCOc1cc(C#N)ccn1. The molecule has 0 radical (unpaired) electrons. The molecule has 1 rings (SSSR count). The molecule has 0 amide bonds. The Bertz CT molecular complexity index is 377. The lowest BCUT2D eigenvalue weighted by molar-refractivity contribution is -0.0168. The van der Waals surface area contributed by atoms with E-state index < -0.39 is 0 Å². The van der Waals surface area contributed by atoms with Crippen LogP contribution in [-0.2, 0) is 4.74 Å². The first-order chi connectivity index (χ1) is 7.51. The number of hydrogen-bond acceptors (Lipinski definition) is 4. The van der Waals surface area contributed by atoms with Crippen LogP contribution >= 0.6 is 0 Å². The van der Waals surface area contributed by atoms with E-state index in [0.29, 0.717) is 24.7 Å². The standard InChI is InChI=1S/C12H16N2O2/c1-12(2,3)16-7-6-15-11-8-10(9-13)4-5-14-11/h4-5,8H,6-7H2,1-3H3. The monoisotopic (exact) mass is 220 g/mol. The van der Waals surface area contributed by atoms with Gasteiger partial charge in [-0.1, -0.05) is 0 Å². The lowest BCUT2D eigenvalue weighted by atomic mass is 10.2. The summed E-state index contributed by atoms with van der Waals surface area (Å²) in [5.41, 5.74) is 0.382. The van der Waals surface area contributed by atoms with E-state index in [1.54, 1.807) is 18.3 Å². The van der Waals surface area contributed by atoms with Crippen molar-refractivity contribution < 1.29 is 9.47 Å². The molecule has 1 aromatic rings. The third-order valence-electron chi connectivity index (χ3n) is 1.73. The molecule has 0 fully saturated rings. The second-order valence-electron chi connectivity index (χ2n) is 4.30. The maximum atomic E-state index is 8.68. The minimum Gasteiger partial charge on any atom is -0.475 e. The van der Waals surface area contributed by atoms with Crippen LogP contribution in [0.3, 0.4) is 0 Å². The highest BCUT2D eigenvalue weighted by Gasteiger charge is 2.09. The van der Waals surface area contributed by atoms with Crippen molar-refractivity contribution in [3.8, 4) is 11.9 Å². The van der Waals surface area contributed by atoms with E-state index in [-0.39, 0.29) is 5.60 Å². The van der Waals surface area contributed by atoms with Crippen LogP contribution in [-0.4, -0.2) is 23.8 Å². The Kier molecular flexibility index (Phi) is 4.27. The summed E-state index contributed by atoms with van der Waals surface area (Å²) in [4.78, 5) is 3.99. The molecule has 0 spiro atoms. The highest BCUT2D eigenvalue weighted by atomic mass is 16.5. The second-order valence-corrected chi connectivity index (χ2v) is 4.30. The molecule has 0 saturated heterocycles. The number of aromatic nitrogens is 1. The Balaban J connectivity index is 2.35. The minimum atomic E-state index is -0.161. The molecule has 0 bridgehead atoms. The van der Waals surface area contributed by atoms with Gasteiger partial charge in [0.1, 0.15) is 6.61 Å². The summed E-state index contributed by atoms with van der Waals surface area (Å²) in [6, 6.07) is 5.28. The highest BCUT2D eigenvalue weighted by molar-refractivity contribution is 5.31. The van der Waals surface area contributed by atoms with Gasteiger partial charge in [-0.15, -0.1) is 0 Å². The van der Waals surface area contributed by atoms with Gasteiger partial charge in [-0.05, 0) is 26.8 Å². The number of nitriles is 1. The maximum Gasteiger partial charge on any atom is 0.214 e. The molecular weight excluding hydrogens is 204 g/mol. The molecule has 0 aliphatic carbocycles. The molecule has 16 heavy (non-hydrogen) atoms. The van der Waals surface area contributed by atoms with Crippen LogP contribution in [0.1, 0.15) is 26.3 Å². The predicted molar refractivity (Wildman–Crippen MR) is 60.2 cm³/mol. The van der Waals surface area contributed by atoms with Gasteiger partial charge < -0.3 is 9.47 Å². The van der Waals surface area contributed by atoms with E-state index in [4.69, 9.17) is 14.7 Å². The normalized spacial score (nSPS) is 10.9. The van der Waals surface area contributed by atoms with Gasteiger partial charge in [0.25, 0.3) is 0 Å². The second kappa shape index (κ2) is 5.47. The van der Waals surface area contributed by atoms with Crippen molar-refractivity contribution in [2.24, 2.45) is 0 Å². The van der Waals surface area contributed by atoms with Crippen molar-refractivity contribution in [3.63, 3.8) is 0 Å². The van der Waals surface area contributed by atoms with Crippen molar-refractivity contribution in [1.29, 1.82) is 5.26 Å². The molecule has 0 N–H and O–H groups in total. The van der Waals surface area contributed by atoms with Crippen molar-refractivity contribution in [1.82, 2.24) is 4.98 Å². The largest absolute Gasteiger partial charge is 0.475 e. The summed E-state index contributed by atoms with van der Waals surface area (Å²) in [6.07, 6.45) is 1.55. The molecule has 86 valence electrons. The lowest BCUT2D eigenvalue weighted by Crippen LogP contribution is -2.22. The lowest BCUT2D eigenvalue weighted by Gasteiger charge is -2.19. The first kappa shape index (κ1) is 12.5. The Hall–Kier alpha value is -1.60. The van der Waals surface area contributed by atoms with Gasteiger partial charge in [-0.25, -0.2) is 4.98 Å². The zero-order valence-electron chi connectivity index (χ0n) is 9.86. The summed E-state index contributed by atoms with van der Waals surface area (Å²) in [6.45, 7) is 6.89. The molecule has 4 nitrogen and oxygen atoms in total. The molecule has 0 aliphatic heterocycles. The fourth-order valence-corrected chi connectivity index (χ4v) is 1.05. The zero-order chi connectivity index (χ0) is 12.0. The molecule has 0 saturated carbocycles. The first-order valence-electron chi connectivity index (χ1n) is 5.14. The fourth-order valence-electron chi connectivity index (χ4n) is 1.05. The van der Waals surface area contributed by atoms with Crippen LogP contribution in [0.15, 0.2) is 18.3 Å². The van der Waals surface area contributed by atoms with Gasteiger partial charge in [0.05, 0.1) is 23.8 Å². The van der Waals surface area contributed by atoms with Gasteiger partial charge >= 0.3 is 0 Å².